The van der Waals surface area contributed by atoms with Crippen molar-refractivity contribution in [3.05, 3.63) is 34.2 Å². The first-order valence-electron chi connectivity index (χ1n) is 7.88. The van der Waals surface area contributed by atoms with Gasteiger partial charge in [0.1, 0.15) is 17.3 Å². The Hall–Kier alpha value is -1.84. The Morgan fingerprint density at radius 1 is 1.16 bits per heavy atom. The van der Waals surface area contributed by atoms with E-state index in [1.165, 1.54) is 6.07 Å². The molecule has 0 radical (unpaired) electrons. The molecule has 140 valence electrons. The summed E-state index contributed by atoms with van der Waals surface area (Å²) in [5.74, 6) is 0.114. The zero-order valence-corrected chi connectivity index (χ0v) is 14.9. The lowest BCUT2D eigenvalue weighted by Crippen LogP contribution is -2.13. The van der Waals surface area contributed by atoms with E-state index in [0.717, 1.165) is 18.4 Å². The van der Waals surface area contributed by atoms with Crippen molar-refractivity contribution in [2.75, 3.05) is 39.6 Å². The van der Waals surface area contributed by atoms with E-state index in [1.54, 1.807) is 12.1 Å². The van der Waals surface area contributed by atoms with Crippen LogP contribution < -0.4 is 4.74 Å². The zero-order chi connectivity index (χ0) is 18.5. The summed E-state index contributed by atoms with van der Waals surface area (Å²) in [5, 5.41) is 3.33. The van der Waals surface area contributed by atoms with Crippen LogP contribution in [0.1, 0.15) is 18.9 Å². The number of hydrogen-bond donors (Lipinski definition) is 1. The molecule has 0 atom stereocenters. The van der Waals surface area contributed by atoms with Crippen molar-refractivity contribution in [1.29, 1.82) is 0 Å². The zero-order valence-electron chi connectivity index (χ0n) is 14.1. The van der Waals surface area contributed by atoms with Crippen LogP contribution in [0, 0.1) is 0 Å². The summed E-state index contributed by atoms with van der Waals surface area (Å²) in [6.07, 6.45) is 1.69. The van der Waals surface area contributed by atoms with Gasteiger partial charge in [0.25, 0.3) is 10.1 Å². The molecule has 10 heteroatoms. The number of hydrogen-bond acceptors (Lipinski definition) is 6. The largest absolute Gasteiger partial charge is 0.490 e. The van der Waals surface area contributed by atoms with E-state index in [4.69, 9.17) is 19.7 Å². The third-order valence-corrected chi connectivity index (χ3v) is 3.97. The molecule has 1 aromatic carbocycles. The molecule has 0 saturated carbocycles. The first-order chi connectivity index (χ1) is 12.0. The molecule has 0 bridgehead atoms. The van der Waals surface area contributed by atoms with Gasteiger partial charge in [0.2, 0.25) is 0 Å². The van der Waals surface area contributed by atoms with Crippen molar-refractivity contribution in [2.24, 2.45) is 5.11 Å². The highest BCUT2D eigenvalue weighted by Gasteiger charge is 2.17. The minimum absolute atomic E-state index is 0.114. The third-order valence-electron chi connectivity index (χ3n) is 3.08. The van der Waals surface area contributed by atoms with Crippen LogP contribution in [-0.2, 0) is 26.0 Å². The predicted octanol–water partition coefficient (Wildman–Crippen LogP) is 2.61. The van der Waals surface area contributed by atoms with E-state index in [1.807, 2.05) is 6.92 Å². The fourth-order valence-electron chi connectivity index (χ4n) is 2.01. The van der Waals surface area contributed by atoms with Crippen molar-refractivity contribution in [3.8, 4) is 5.75 Å². The van der Waals surface area contributed by atoms with Crippen LogP contribution in [0.5, 0.6) is 5.75 Å². The summed E-state index contributed by atoms with van der Waals surface area (Å²) in [4.78, 5) is 2.35. The second-order valence-corrected chi connectivity index (χ2v) is 6.42. The highest BCUT2D eigenvalue weighted by atomic mass is 32.2. The van der Waals surface area contributed by atoms with Crippen LogP contribution in [0.15, 0.2) is 28.2 Å². The third kappa shape index (κ3) is 8.71. The number of nitrogens with zero attached hydrogens (tertiary/aromatic N) is 3. The second kappa shape index (κ2) is 11.7. The Labute approximate surface area is 147 Å². The lowest BCUT2D eigenvalue weighted by atomic mass is 10.1. The minimum Gasteiger partial charge on any atom is -0.490 e. The minimum atomic E-state index is -4.35. The van der Waals surface area contributed by atoms with Crippen LogP contribution in [0.25, 0.3) is 10.4 Å². The maximum absolute atomic E-state index is 11.4. The summed E-state index contributed by atoms with van der Waals surface area (Å²) in [6, 6.07) is 4.61. The van der Waals surface area contributed by atoms with Crippen LogP contribution in [0.3, 0.4) is 0 Å². The summed E-state index contributed by atoms with van der Waals surface area (Å²) < 4.78 is 48.0. The molecule has 0 heterocycles. The lowest BCUT2D eigenvalue weighted by molar-refractivity contribution is 0.0384. The Bertz CT molecular complexity index is 674. The summed E-state index contributed by atoms with van der Waals surface area (Å²) >= 11 is 0. The molecule has 0 spiro atoms. The van der Waals surface area contributed by atoms with Crippen LogP contribution >= 0.6 is 0 Å². The molecule has 1 aromatic rings. The van der Waals surface area contributed by atoms with Crippen LogP contribution in [0.2, 0.25) is 0 Å². The van der Waals surface area contributed by atoms with Gasteiger partial charge in [-0.1, -0.05) is 24.5 Å². The van der Waals surface area contributed by atoms with E-state index in [-0.39, 0.29) is 30.4 Å². The fraction of sp³-hybridized carbons (Fsp3) is 0.600. The predicted molar refractivity (Wildman–Crippen MR) is 91.4 cm³/mol. The topological polar surface area (TPSA) is 131 Å². The molecule has 0 unspecified atom stereocenters. The Morgan fingerprint density at radius 3 is 2.48 bits per heavy atom. The first kappa shape index (κ1) is 21.2. The Balaban J connectivity index is 2.40. The average Bonchev–Trinajstić information content (AvgIpc) is 2.56. The summed E-state index contributed by atoms with van der Waals surface area (Å²) in [5.41, 5.74) is 9.02. The van der Waals surface area contributed by atoms with Crippen molar-refractivity contribution < 1.29 is 27.2 Å². The molecular formula is C15H23N3O6S. The first-order valence-corrected chi connectivity index (χ1v) is 9.32. The summed E-state index contributed by atoms with van der Waals surface area (Å²) in [7, 11) is -4.35. The normalized spacial score (nSPS) is 11.1. The molecule has 0 aliphatic rings. The standard InChI is InChI=1S/C15H23N3O6S/c1-2-3-13-4-5-15(25(19,20)21)14(12-13)24-11-10-23-9-8-22-7-6-17-18-16/h4-5,12H,2-3,6-11H2,1H3,(H,19,20,21). The molecule has 0 aliphatic heterocycles. The van der Waals surface area contributed by atoms with Crippen molar-refractivity contribution in [2.45, 2.75) is 24.7 Å². The van der Waals surface area contributed by atoms with Gasteiger partial charge in [0.05, 0.1) is 26.4 Å². The molecule has 0 saturated heterocycles. The van der Waals surface area contributed by atoms with Crippen LogP contribution in [-0.4, -0.2) is 52.5 Å². The number of aryl methyl sites for hydroxylation is 1. The molecule has 9 nitrogen and oxygen atoms in total. The smallest absolute Gasteiger partial charge is 0.298 e. The van der Waals surface area contributed by atoms with Crippen molar-refractivity contribution in [1.82, 2.24) is 0 Å². The number of ether oxygens (including phenoxy) is 3. The quantitative estimate of drug-likeness (QED) is 0.186. The van der Waals surface area contributed by atoms with Gasteiger partial charge in [-0.15, -0.1) is 0 Å². The monoisotopic (exact) mass is 373 g/mol. The SMILES string of the molecule is CCCc1ccc(S(=O)(=O)O)c(OCCOCCOCCN=[N+]=[N-])c1. The summed E-state index contributed by atoms with van der Waals surface area (Å²) in [6.45, 7) is 3.67. The number of azide groups is 1. The molecule has 1 rings (SSSR count). The Morgan fingerprint density at radius 2 is 1.84 bits per heavy atom. The highest BCUT2D eigenvalue weighted by molar-refractivity contribution is 7.86. The van der Waals surface area contributed by atoms with Gasteiger partial charge < -0.3 is 14.2 Å². The lowest BCUT2D eigenvalue weighted by Gasteiger charge is -2.12. The van der Waals surface area contributed by atoms with Gasteiger partial charge in [-0.25, -0.2) is 0 Å². The molecule has 0 amide bonds. The molecule has 1 N–H and O–H groups in total. The van der Waals surface area contributed by atoms with E-state index in [2.05, 4.69) is 10.0 Å². The van der Waals surface area contributed by atoms with Gasteiger partial charge in [0, 0.05) is 11.5 Å². The number of rotatable bonds is 13. The molecular weight excluding hydrogens is 350 g/mol. The second-order valence-electron chi connectivity index (χ2n) is 5.03. The van der Waals surface area contributed by atoms with E-state index in [0.29, 0.717) is 19.8 Å². The van der Waals surface area contributed by atoms with Crippen LogP contribution in [0.4, 0.5) is 0 Å². The molecule has 0 fully saturated rings. The number of benzene rings is 1. The molecule has 25 heavy (non-hydrogen) atoms. The van der Waals surface area contributed by atoms with Gasteiger partial charge in [-0.3, -0.25) is 4.55 Å². The fourth-order valence-corrected chi connectivity index (χ4v) is 2.62. The maximum Gasteiger partial charge on any atom is 0.298 e. The van der Waals surface area contributed by atoms with Gasteiger partial charge in [0.15, 0.2) is 0 Å². The Kier molecular flexibility index (Phi) is 9.90. The van der Waals surface area contributed by atoms with E-state index < -0.39 is 10.1 Å². The average molecular weight is 373 g/mol. The van der Waals surface area contributed by atoms with E-state index >= 15 is 0 Å². The van der Waals surface area contributed by atoms with E-state index in [9.17, 15) is 13.0 Å². The van der Waals surface area contributed by atoms with Gasteiger partial charge >= 0.3 is 0 Å². The molecule has 0 aromatic heterocycles. The maximum atomic E-state index is 11.4. The van der Waals surface area contributed by atoms with Gasteiger partial charge in [-0.2, -0.15) is 8.42 Å². The van der Waals surface area contributed by atoms with Crippen molar-refractivity contribution in [3.63, 3.8) is 0 Å². The highest BCUT2D eigenvalue weighted by Crippen LogP contribution is 2.25. The van der Waals surface area contributed by atoms with Gasteiger partial charge in [-0.05, 0) is 29.6 Å². The molecule has 0 aliphatic carbocycles. The van der Waals surface area contributed by atoms with Crippen molar-refractivity contribution >= 4 is 10.1 Å².